The largest absolute Gasteiger partial charge is 0.479 e. The summed E-state index contributed by atoms with van der Waals surface area (Å²) in [5.41, 5.74) is 3.55. The number of ether oxygens (including phenoxy) is 1. The lowest BCUT2D eigenvalue weighted by Crippen LogP contribution is -2.34. The Morgan fingerprint density at radius 2 is 2.08 bits per heavy atom. The Hall–Kier alpha value is -2.82. The third kappa shape index (κ3) is 3.74. The average Bonchev–Trinajstić information content (AvgIpc) is 2.54. The van der Waals surface area contributed by atoms with Gasteiger partial charge in [-0.05, 0) is 44.0 Å². The number of nitrogens with one attached hydrogen (secondary N) is 2. The van der Waals surface area contributed by atoms with Gasteiger partial charge in [0, 0.05) is 12.1 Å². The first kappa shape index (κ1) is 16.1. The lowest BCUT2D eigenvalue weighted by atomic mass is 10.1. The van der Waals surface area contributed by atoms with E-state index in [2.05, 4.69) is 16.7 Å². The summed E-state index contributed by atoms with van der Waals surface area (Å²) in [4.78, 5) is 23.8. The van der Waals surface area contributed by atoms with E-state index in [0.29, 0.717) is 30.0 Å². The maximum atomic E-state index is 12.1. The molecule has 0 saturated carbocycles. The summed E-state index contributed by atoms with van der Waals surface area (Å²) in [5, 5.41) is 5.63. The number of benzene rings is 2. The fourth-order valence-electron chi connectivity index (χ4n) is 2.64. The summed E-state index contributed by atoms with van der Waals surface area (Å²) in [7, 11) is 0. The molecule has 24 heavy (non-hydrogen) atoms. The van der Waals surface area contributed by atoms with Crippen molar-refractivity contribution in [2.45, 2.75) is 32.8 Å². The average molecular weight is 324 g/mol. The molecule has 124 valence electrons. The summed E-state index contributed by atoms with van der Waals surface area (Å²) in [6.07, 6.45) is 0.586. The van der Waals surface area contributed by atoms with E-state index in [1.54, 1.807) is 25.1 Å². The predicted octanol–water partition coefficient (Wildman–Crippen LogP) is 3.29. The van der Waals surface area contributed by atoms with E-state index >= 15 is 0 Å². The number of fused-ring (bicyclic) bond motifs is 1. The lowest BCUT2D eigenvalue weighted by Gasteiger charge is -2.23. The lowest BCUT2D eigenvalue weighted by molar-refractivity contribution is -0.122. The minimum Gasteiger partial charge on any atom is -0.479 e. The molecule has 2 aromatic rings. The van der Waals surface area contributed by atoms with Crippen LogP contribution in [0, 0.1) is 6.92 Å². The van der Waals surface area contributed by atoms with Gasteiger partial charge in [0.2, 0.25) is 5.91 Å². The number of hydrogen-bond acceptors (Lipinski definition) is 3. The molecule has 0 aliphatic carbocycles. The molecule has 2 aromatic carbocycles. The van der Waals surface area contributed by atoms with Crippen LogP contribution in [0.1, 0.15) is 24.5 Å². The quantitative estimate of drug-likeness (QED) is 0.907. The van der Waals surface area contributed by atoms with Crippen LogP contribution in [0.2, 0.25) is 0 Å². The van der Waals surface area contributed by atoms with Gasteiger partial charge < -0.3 is 15.4 Å². The number of carbonyl (C=O) groups excluding carboxylic acids is 2. The van der Waals surface area contributed by atoms with Gasteiger partial charge in [-0.25, -0.2) is 0 Å². The fraction of sp³-hybridized carbons (Fsp3) is 0.263. The van der Waals surface area contributed by atoms with Crippen molar-refractivity contribution >= 4 is 23.2 Å². The van der Waals surface area contributed by atoms with Crippen LogP contribution in [0.3, 0.4) is 0 Å². The van der Waals surface area contributed by atoms with Crippen LogP contribution in [0.25, 0.3) is 0 Å². The zero-order chi connectivity index (χ0) is 17.1. The van der Waals surface area contributed by atoms with Crippen LogP contribution in [0.5, 0.6) is 5.75 Å². The Balaban J connectivity index is 1.61. The highest BCUT2D eigenvalue weighted by Crippen LogP contribution is 2.32. The minimum absolute atomic E-state index is 0.0621. The Morgan fingerprint density at radius 1 is 1.25 bits per heavy atom. The van der Waals surface area contributed by atoms with E-state index in [9.17, 15) is 9.59 Å². The third-order valence-electron chi connectivity index (χ3n) is 3.92. The van der Waals surface area contributed by atoms with Crippen molar-refractivity contribution in [1.82, 2.24) is 0 Å². The molecule has 0 spiro atoms. The first-order valence-corrected chi connectivity index (χ1v) is 7.98. The van der Waals surface area contributed by atoms with Crippen molar-refractivity contribution in [1.29, 1.82) is 0 Å². The molecule has 0 aromatic heterocycles. The predicted molar refractivity (Wildman–Crippen MR) is 93.3 cm³/mol. The van der Waals surface area contributed by atoms with Gasteiger partial charge in [-0.2, -0.15) is 0 Å². The van der Waals surface area contributed by atoms with Gasteiger partial charge in [-0.3, -0.25) is 9.59 Å². The Morgan fingerprint density at radius 3 is 2.88 bits per heavy atom. The molecule has 0 saturated heterocycles. The van der Waals surface area contributed by atoms with Crippen LogP contribution in [-0.4, -0.2) is 17.9 Å². The van der Waals surface area contributed by atoms with Gasteiger partial charge in [0.05, 0.1) is 5.69 Å². The molecule has 1 heterocycles. The number of amides is 2. The number of aryl methyl sites for hydroxylation is 2. The second kappa shape index (κ2) is 6.74. The van der Waals surface area contributed by atoms with Gasteiger partial charge in [0.1, 0.15) is 5.75 Å². The molecule has 3 rings (SSSR count). The third-order valence-corrected chi connectivity index (χ3v) is 3.92. The second-order valence-electron chi connectivity index (χ2n) is 6.00. The highest BCUT2D eigenvalue weighted by Gasteiger charge is 2.23. The molecule has 0 bridgehead atoms. The SMILES string of the molecule is Cc1cccc(CCC(=O)Nc2ccc3c(c2)NC(=O)C(C)O3)c1. The monoisotopic (exact) mass is 324 g/mol. The van der Waals surface area contributed by atoms with E-state index < -0.39 is 6.10 Å². The molecule has 2 amide bonds. The summed E-state index contributed by atoms with van der Waals surface area (Å²) >= 11 is 0. The van der Waals surface area contributed by atoms with Crippen molar-refractivity contribution in [2.24, 2.45) is 0 Å². The van der Waals surface area contributed by atoms with Crippen LogP contribution in [-0.2, 0) is 16.0 Å². The van der Waals surface area contributed by atoms with Gasteiger partial charge in [0.15, 0.2) is 6.10 Å². The maximum Gasteiger partial charge on any atom is 0.265 e. The van der Waals surface area contributed by atoms with E-state index in [0.717, 1.165) is 5.56 Å². The molecular formula is C19H20N2O3. The van der Waals surface area contributed by atoms with E-state index in [4.69, 9.17) is 4.74 Å². The summed E-state index contributed by atoms with van der Waals surface area (Å²) in [5.74, 6) is 0.359. The zero-order valence-corrected chi connectivity index (χ0v) is 13.8. The van der Waals surface area contributed by atoms with Crippen LogP contribution >= 0.6 is 0 Å². The highest BCUT2D eigenvalue weighted by molar-refractivity contribution is 5.99. The van der Waals surface area contributed by atoms with E-state index in [1.165, 1.54) is 5.56 Å². The molecule has 5 heteroatoms. The molecular weight excluding hydrogens is 304 g/mol. The maximum absolute atomic E-state index is 12.1. The Kier molecular flexibility index (Phi) is 4.51. The van der Waals surface area contributed by atoms with Crippen LogP contribution in [0.4, 0.5) is 11.4 Å². The van der Waals surface area contributed by atoms with Crippen molar-refractivity contribution in [3.8, 4) is 5.75 Å². The van der Waals surface area contributed by atoms with E-state index in [1.807, 2.05) is 25.1 Å². The van der Waals surface area contributed by atoms with E-state index in [-0.39, 0.29) is 11.8 Å². The normalized spacial score (nSPS) is 15.9. The Labute approximate surface area is 141 Å². The van der Waals surface area contributed by atoms with Gasteiger partial charge in [0.25, 0.3) is 5.91 Å². The summed E-state index contributed by atoms with van der Waals surface area (Å²) in [6, 6.07) is 13.4. The zero-order valence-electron chi connectivity index (χ0n) is 13.8. The summed E-state index contributed by atoms with van der Waals surface area (Å²) < 4.78 is 5.50. The van der Waals surface area contributed by atoms with Crippen molar-refractivity contribution in [2.75, 3.05) is 10.6 Å². The molecule has 1 aliphatic rings. The molecule has 1 unspecified atom stereocenters. The Bertz CT molecular complexity index is 786. The number of rotatable bonds is 4. The molecule has 0 radical (unpaired) electrons. The summed E-state index contributed by atoms with van der Waals surface area (Å²) in [6.45, 7) is 3.73. The van der Waals surface area contributed by atoms with Gasteiger partial charge >= 0.3 is 0 Å². The molecule has 1 aliphatic heterocycles. The van der Waals surface area contributed by atoms with Crippen LogP contribution in [0.15, 0.2) is 42.5 Å². The van der Waals surface area contributed by atoms with Crippen LogP contribution < -0.4 is 15.4 Å². The first-order chi connectivity index (χ1) is 11.5. The number of hydrogen-bond donors (Lipinski definition) is 2. The second-order valence-corrected chi connectivity index (χ2v) is 6.00. The van der Waals surface area contributed by atoms with Crippen molar-refractivity contribution < 1.29 is 14.3 Å². The van der Waals surface area contributed by atoms with Crippen molar-refractivity contribution in [3.05, 3.63) is 53.6 Å². The molecule has 5 nitrogen and oxygen atoms in total. The minimum atomic E-state index is -0.507. The molecule has 2 N–H and O–H groups in total. The first-order valence-electron chi connectivity index (χ1n) is 7.98. The topological polar surface area (TPSA) is 67.4 Å². The highest BCUT2D eigenvalue weighted by atomic mass is 16.5. The number of anilines is 2. The fourth-order valence-corrected chi connectivity index (χ4v) is 2.64. The van der Waals surface area contributed by atoms with Gasteiger partial charge in [-0.1, -0.05) is 29.8 Å². The molecule has 0 fully saturated rings. The van der Waals surface area contributed by atoms with Crippen molar-refractivity contribution in [3.63, 3.8) is 0 Å². The molecule has 1 atom stereocenters. The number of carbonyl (C=O) groups is 2. The van der Waals surface area contributed by atoms with Gasteiger partial charge in [-0.15, -0.1) is 0 Å². The smallest absolute Gasteiger partial charge is 0.265 e. The standard InChI is InChI=1S/C19H20N2O3/c1-12-4-3-5-14(10-12)6-9-18(22)20-15-7-8-17-16(11-15)21-19(23)13(2)24-17/h3-5,7-8,10-11,13H,6,9H2,1-2H3,(H,20,22)(H,21,23).